The van der Waals surface area contributed by atoms with E-state index in [9.17, 15) is 0 Å². The van der Waals surface area contributed by atoms with Crippen LogP contribution < -0.4 is 62.0 Å². The van der Waals surface area contributed by atoms with Gasteiger partial charge in [-0.1, -0.05) is 61.3 Å². The second-order valence-corrected chi connectivity index (χ2v) is 9.33. The Morgan fingerprint density at radius 1 is 0.946 bits per heavy atom. The summed E-state index contributed by atoms with van der Waals surface area (Å²) in [6.45, 7) is 3.55. The molecular formula is C29H30KN7. The van der Waals surface area contributed by atoms with Gasteiger partial charge >= 0.3 is 51.4 Å². The van der Waals surface area contributed by atoms with Gasteiger partial charge in [0.2, 0.25) is 0 Å². The molecule has 4 heterocycles. The Bertz CT molecular complexity index is 1440. The molecule has 1 saturated heterocycles. The summed E-state index contributed by atoms with van der Waals surface area (Å²) in [6.07, 6.45) is 10.3. The van der Waals surface area contributed by atoms with Gasteiger partial charge in [0, 0.05) is 46.7 Å². The number of nitrogens with one attached hydrogen (secondary N) is 3. The quantitative estimate of drug-likeness (QED) is 0.277. The maximum Gasteiger partial charge on any atom is 1.00 e. The van der Waals surface area contributed by atoms with Gasteiger partial charge in [0.1, 0.15) is 5.65 Å². The number of aromatic amines is 1. The molecule has 0 amide bonds. The minimum atomic E-state index is 0. The fourth-order valence-corrected chi connectivity index (χ4v) is 4.84. The third kappa shape index (κ3) is 6.41. The molecule has 0 unspecified atom stereocenters. The Labute approximate surface area is 259 Å². The van der Waals surface area contributed by atoms with Crippen molar-refractivity contribution >= 4 is 16.7 Å². The van der Waals surface area contributed by atoms with Crippen LogP contribution >= 0.6 is 0 Å². The standard InChI is InChI=1S/C29H30N7.K/c1-2-5-21(6-3-1)18-36-19-24(16-35-36)28-17-32-29-27(28)14-23(15-31-29)22-7-4-8-26(13-22)34-20-33-25-9-11-30-12-10-25;/h1-8,13-17,19,25,30,33H,9-12,18,20H2,(H,31,32);/q-1;+1. The van der Waals surface area contributed by atoms with Crippen molar-refractivity contribution in [2.75, 3.05) is 19.8 Å². The third-order valence-electron chi connectivity index (χ3n) is 6.82. The minimum Gasteiger partial charge on any atom is -0.673 e. The number of hydrogen-bond acceptors (Lipinski definition) is 4. The number of rotatable bonds is 8. The zero-order valence-corrected chi connectivity index (χ0v) is 24.3. The van der Waals surface area contributed by atoms with Crippen LogP contribution in [0.25, 0.3) is 38.6 Å². The SMILES string of the molecule is [K+].c1ccc(Cn2cc(-c3c[nH]c4ncc(-c5cccc([N-]CNC6CCNCC6)c5)cc34)cn2)cc1. The summed E-state index contributed by atoms with van der Waals surface area (Å²) in [5, 5.41) is 17.4. The van der Waals surface area contributed by atoms with E-state index in [4.69, 9.17) is 10.3 Å². The van der Waals surface area contributed by atoms with Gasteiger partial charge < -0.3 is 20.9 Å². The number of benzene rings is 2. The second kappa shape index (κ2) is 12.5. The first-order valence-electron chi connectivity index (χ1n) is 12.6. The molecule has 0 atom stereocenters. The zero-order chi connectivity index (χ0) is 24.2. The zero-order valence-electron chi connectivity index (χ0n) is 21.2. The van der Waals surface area contributed by atoms with Crippen molar-refractivity contribution in [1.82, 2.24) is 30.4 Å². The van der Waals surface area contributed by atoms with Gasteiger partial charge in [0.15, 0.2) is 0 Å². The van der Waals surface area contributed by atoms with Crippen LogP contribution in [-0.4, -0.2) is 45.5 Å². The van der Waals surface area contributed by atoms with Crippen molar-refractivity contribution in [3.63, 3.8) is 0 Å². The Morgan fingerprint density at radius 3 is 2.68 bits per heavy atom. The molecule has 2 aromatic carbocycles. The summed E-state index contributed by atoms with van der Waals surface area (Å²) < 4.78 is 1.98. The van der Waals surface area contributed by atoms with Crippen LogP contribution in [-0.2, 0) is 6.54 Å². The maximum absolute atomic E-state index is 4.77. The molecule has 1 aliphatic rings. The van der Waals surface area contributed by atoms with Crippen molar-refractivity contribution in [3.8, 4) is 22.3 Å². The first-order chi connectivity index (χ1) is 17.8. The summed E-state index contributed by atoms with van der Waals surface area (Å²) in [5.74, 6) is 0. The molecular weight excluding hydrogens is 485 g/mol. The maximum atomic E-state index is 4.77. The summed E-state index contributed by atoms with van der Waals surface area (Å²) in [5.41, 5.74) is 7.44. The van der Waals surface area contributed by atoms with E-state index in [1.165, 1.54) is 5.56 Å². The Balaban J connectivity index is 0.00000280. The van der Waals surface area contributed by atoms with Crippen LogP contribution in [0.3, 0.4) is 0 Å². The number of H-pyrrole nitrogens is 1. The largest absolute Gasteiger partial charge is 1.00 e. The van der Waals surface area contributed by atoms with Gasteiger partial charge in [-0.2, -0.15) is 5.10 Å². The molecule has 5 aromatic rings. The molecule has 0 radical (unpaired) electrons. The van der Waals surface area contributed by atoms with E-state index < -0.39 is 0 Å². The topological polar surface area (TPSA) is 84.7 Å². The van der Waals surface area contributed by atoms with E-state index in [0.29, 0.717) is 12.7 Å². The first-order valence-corrected chi connectivity index (χ1v) is 12.6. The van der Waals surface area contributed by atoms with E-state index in [1.54, 1.807) is 0 Å². The van der Waals surface area contributed by atoms with Crippen LogP contribution in [0.15, 0.2) is 85.5 Å². The molecule has 1 aliphatic heterocycles. The van der Waals surface area contributed by atoms with Crippen LogP contribution in [0.4, 0.5) is 5.69 Å². The summed E-state index contributed by atoms with van der Waals surface area (Å²) >= 11 is 0. The molecule has 8 heteroatoms. The molecule has 0 spiro atoms. The average Bonchev–Trinajstić information content (AvgIpc) is 3.56. The predicted molar refractivity (Wildman–Crippen MR) is 145 cm³/mol. The van der Waals surface area contributed by atoms with Crippen LogP contribution in [0.2, 0.25) is 0 Å². The molecule has 182 valence electrons. The molecule has 3 aromatic heterocycles. The fourth-order valence-electron chi connectivity index (χ4n) is 4.84. The third-order valence-corrected chi connectivity index (χ3v) is 6.82. The number of piperidine rings is 1. The average molecular weight is 516 g/mol. The van der Waals surface area contributed by atoms with E-state index in [0.717, 1.165) is 71.5 Å². The van der Waals surface area contributed by atoms with E-state index >= 15 is 0 Å². The van der Waals surface area contributed by atoms with Crippen molar-refractivity contribution < 1.29 is 51.4 Å². The van der Waals surface area contributed by atoms with Crippen molar-refractivity contribution in [2.24, 2.45) is 0 Å². The fraction of sp³-hybridized carbons (Fsp3) is 0.241. The van der Waals surface area contributed by atoms with Gasteiger partial charge in [-0.15, -0.1) is 5.69 Å². The Kier molecular flexibility index (Phi) is 8.88. The second-order valence-electron chi connectivity index (χ2n) is 9.33. The number of fused-ring (bicyclic) bond motifs is 1. The number of hydrogen-bond donors (Lipinski definition) is 3. The normalized spacial score (nSPS) is 13.9. The molecule has 0 saturated carbocycles. The van der Waals surface area contributed by atoms with E-state index in [1.807, 2.05) is 29.3 Å². The van der Waals surface area contributed by atoms with Crippen LogP contribution in [0.5, 0.6) is 0 Å². The number of aromatic nitrogens is 4. The molecule has 1 fully saturated rings. The van der Waals surface area contributed by atoms with Gasteiger partial charge in [-0.05, 0) is 43.1 Å². The van der Waals surface area contributed by atoms with Crippen molar-refractivity contribution in [1.29, 1.82) is 0 Å². The van der Waals surface area contributed by atoms with Gasteiger partial charge in [0.25, 0.3) is 0 Å². The van der Waals surface area contributed by atoms with Crippen LogP contribution in [0, 0.1) is 0 Å². The Morgan fingerprint density at radius 2 is 1.81 bits per heavy atom. The van der Waals surface area contributed by atoms with Gasteiger partial charge in [0.05, 0.1) is 12.7 Å². The summed E-state index contributed by atoms with van der Waals surface area (Å²) in [4.78, 5) is 8.01. The molecule has 0 bridgehead atoms. The summed E-state index contributed by atoms with van der Waals surface area (Å²) in [6, 6.07) is 21.5. The van der Waals surface area contributed by atoms with Crippen molar-refractivity contribution in [2.45, 2.75) is 25.4 Å². The smallest absolute Gasteiger partial charge is 0.673 e. The molecule has 6 rings (SSSR count). The predicted octanol–water partition coefficient (Wildman–Crippen LogP) is 2.45. The van der Waals surface area contributed by atoms with E-state index in [2.05, 4.69) is 81.5 Å². The monoisotopic (exact) mass is 515 g/mol. The molecule has 7 nitrogen and oxygen atoms in total. The van der Waals surface area contributed by atoms with Crippen LogP contribution in [0.1, 0.15) is 18.4 Å². The molecule has 0 aliphatic carbocycles. The number of nitrogens with zero attached hydrogens (tertiary/aromatic N) is 4. The van der Waals surface area contributed by atoms with Gasteiger partial charge in [-0.3, -0.25) is 4.68 Å². The number of pyridine rings is 1. The first kappa shape index (κ1) is 26.3. The van der Waals surface area contributed by atoms with Crippen molar-refractivity contribution in [3.05, 3.63) is 96.3 Å². The molecule has 37 heavy (non-hydrogen) atoms. The minimum absolute atomic E-state index is 0. The molecule has 3 N–H and O–H groups in total. The van der Waals surface area contributed by atoms with Gasteiger partial charge in [-0.25, -0.2) is 4.98 Å². The van der Waals surface area contributed by atoms with E-state index in [-0.39, 0.29) is 51.4 Å². The summed E-state index contributed by atoms with van der Waals surface area (Å²) in [7, 11) is 0. The Hall–Kier alpha value is -2.30.